The molecule has 2 N–H and O–H groups in total. The molecule has 1 atom stereocenters. The number of aryl methyl sites for hydroxylation is 1. The molecule has 29 heavy (non-hydrogen) atoms. The van der Waals surface area contributed by atoms with Crippen molar-refractivity contribution in [1.29, 1.82) is 0 Å². The number of carbonyl (C=O) groups excluding carboxylic acids is 2. The number of rotatable bonds is 5. The van der Waals surface area contributed by atoms with Crippen molar-refractivity contribution in [2.75, 3.05) is 23.4 Å². The van der Waals surface area contributed by atoms with E-state index in [0.717, 1.165) is 27.2 Å². The van der Waals surface area contributed by atoms with Crippen LogP contribution in [0, 0.1) is 6.92 Å². The number of para-hydroxylation sites is 1. The lowest BCUT2D eigenvalue weighted by Gasteiger charge is -2.17. The summed E-state index contributed by atoms with van der Waals surface area (Å²) in [4.78, 5) is 31.0. The number of hydrogen-bond donors (Lipinski definition) is 2. The normalized spacial score (nSPS) is 16.3. The summed E-state index contributed by atoms with van der Waals surface area (Å²) in [6, 6.07) is 12.7. The SMILES string of the molecule is CCOc1ccc(N2C[C@@H](NC(=O)Nc3nc4c(C)cccc4s3)CC2=O)cc1. The molecule has 0 spiro atoms. The fraction of sp³-hybridized carbons (Fsp3) is 0.286. The van der Waals surface area contributed by atoms with Gasteiger partial charge in [-0.15, -0.1) is 0 Å². The molecule has 4 rings (SSSR count). The van der Waals surface area contributed by atoms with Crippen molar-refractivity contribution < 1.29 is 14.3 Å². The number of nitrogens with one attached hydrogen (secondary N) is 2. The third-order valence-electron chi connectivity index (χ3n) is 4.76. The summed E-state index contributed by atoms with van der Waals surface area (Å²) >= 11 is 1.43. The van der Waals surface area contributed by atoms with Crippen molar-refractivity contribution in [3.8, 4) is 5.75 Å². The average molecular weight is 410 g/mol. The number of urea groups is 1. The van der Waals surface area contributed by atoms with Crippen molar-refractivity contribution in [2.24, 2.45) is 0 Å². The van der Waals surface area contributed by atoms with Gasteiger partial charge >= 0.3 is 6.03 Å². The van der Waals surface area contributed by atoms with Gasteiger partial charge in [0, 0.05) is 18.7 Å². The van der Waals surface area contributed by atoms with Crippen LogP contribution in [0.15, 0.2) is 42.5 Å². The molecule has 1 aliphatic rings. The van der Waals surface area contributed by atoms with Crippen LogP contribution in [0.5, 0.6) is 5.75 Å². The number of amides is 3. The summed E-state index contributed by atoms with van der Waals surface area (Å²) in [7, 11) is 0. The zero-order valence-corrected chi connectivity index (χ0v) is 17.1. The molecule has 7 nitrogen and oxygen atoms in total. The van der Waals surface area contributed by atoms with Gasteiger partial charge in [-0.05, 0) is 49.7 Å². The second-order valence-electron chi connectivity index (χ2n) is 6.87. The lowest BCUT2D eigenvalue weighted by molar-refractivity contribution is -0.117. The highest BCUT2D eigenvalue weighted by Crippen LogP contribution is 2.28. The van der Waals surface area contributed by atoms with Crippen LogP contribution in [0.4, 0.5) is 15.6 Å². The maximum Gasteiger partial charge on any atom is 0.321 e. The summed E-state index contributed by atoms with van der Waals surface area (Å²) in [6.07, 6.45) is 0.263. The van der Waals surface area contributed by atoms with Gasteiger partial charge in [-0.1, -0.05) is 23.5 Å². The molecule has 3 aromatic rings. The largest absolute Gasteiger partial charge is 0.494 e. The quantitative estimate of drug-likeness (QED) is 0.668. The first-order chi connectivity index (χ1) is 14.0. The number of benzene rings is 2. The number of aromatic nitrogens is 1. The van der Waals surface area contributed by atoms with Crippen LogP contribution in [-0.2, 0) is 4.79 Å². The lowest BCUT2D eigenvalue weighted by Crippen LogP contribution is -2.39. The van der Waals surface area contributed by atoms with Crippen LogP contribution in [0.3, 0.4) is 0 Å². The monoisotopic (exact) mass is 410 g/mol. The Hall–Kier alpha value is -3.13. The molecule has 0 saturated carbocycles. The number of hydrogen-bond acceptors (Lipinski definition) is 5. The molecule has 1 aliphatic heterocycles. The Morgan fingerprint density at radius 3 is 2.79 bits per heavy atom. The number of thiazole rings is 1. The van der Waals surface area contributed by atoms with Crippen LogP contribution >= 0.6 is 11.3 Å². The highest BCUT2D eigenvalue weighted by Gasteiger charge is 2.31. The number of nitrogens with zero attached hydrogens (tertiary/aromatic N) is 2. The van der Waals surface area contributed by atoms with Gasteiger partial charge in [-0.2, -0.15) is 0 Å². The second kappa shape index (κ2) is 8.08. The molecule has 2 heterocycles. The van der Waals surface area contributed by atoms with E-state index in [1.165, 1.54) is 11.3 Å². The number of fused-ring (bicyclic) bond motifs is 1. The topological polar surface area (TPSA) is 83.6 Å². The van der Waals surface area contributed by atoms with Crippen molar-refractivity contribution >= 4 is 44.3 Å². The van der Waals surface area contributed by atoms with Crippen LogP contribution in [-0.4, -0.2) is 36.1 Å². The Bertz CT molecular complexity index is 1050. The van der Waals surface area contributed by atoms with E-state index in [-0.39, 0.29) is 24.4 Å². The van der Waals surface area contributed by atoms with Gasteiger partial charge in [0.05, 0.1) is 22.9 Å². The molecule has 1 saturated heterocycles. The first kappa shape index (κ1) is 19.2. The van der Waals surface area contributed by atoms with Crippen LogP contribution in [0.1, 0.15) is 18.9 Å². The van der Waals surface area contributed by atoms with E-state index < -0.39 is 0 Å². The van der Waals surface area contributed by atoms with E-state index in [0.29, 0.717) is 18.3 Å². The van der Waals surface area contributed by atoms with Gasteiger partial charge in [-0.3, -0.25) is 10.1 Å². The molecule has 2 aromatic carbocycles. The molecule has 3 amide bonds. The van der Waals surface area contributed by atoms with Gasteiger partial charge < -0.3 is 15.0 Å². The molecule has 0 bridgehead atoms. The molecule has 0 aliphatic carbocycles. The van der Waals surface area contributed by atoms with Gasteiger partial charge in [0.1, 0.15) is 5.75 Å². The van der Waals surface area contributed by atoms with Gasteiger partial charge in [-0.25, -0.2) is 9.78 Å². The van der Waals surface area contributed by atoms with Gasteiger partial charge in [0.2, 0.25) is 5.91 Å². The lowest BCUT2D eigenvalue weighted by atomic mass is 10.2. The van der Waals surface area contributed by atoms with Crippen molar-refractivity contribution in [3.05, 3.63) is 48.0 Å². The van der Waals surface area contributed by atoms with Gasteiger partial charge in [0.15, 0.2) is 5.13 Å². The Balaban J connectivity index is 1.37. The standard InChI is InChI=1S/C21H22N4O3S/c1-3-28-16-9-7-15(8-10-16)25-12-14(11-18(25)26)22-20(27)24-21-23-19-13(2)5-4-6-17(19)29-21/h4-10,14H,3,11-12H2,1-2H3,(H2,22,23,24,27)/t14-/m0/s1. The zero-order valence-electron chi connectivity index (χ0n) is 16.3. The minimum atomic E-state index is -0.354. The van der Waals surface area contributed by atoms with E-state index in [9.17, 15) is 9.59 Å². The first-order valence-electron chi connectivity index (χ1n) is 9.50. The molecular weight excluding hydrogens is 388 g/mol. The predicted octanol–water partition coefficient (Wildman–Crippen LogP) is 3.93. The Kier molecular flexibility index (Phi) is 5.35. The summed E-state index contributed by atoms with van der Waals surface area (Å²) in [5.41, 5.74) is 2.76. The number of ether oxygens (including phenoxy) is 1. The van der Waals surface area contributed by atoms with E-state index in [2.05, 4.69) is 15.6 Å². The predicted molar refractivity (Wildman–Crippen MR) is 115 cm³/mol. The van der Waals surface area contributed by atoms with E-state index in [1.807, 2.05) is 56.3 Å². The third kappa shape index (κ3) is 4.17. The molecular formula is C21H22N4O3S. The van der Waals surface area contributed by atoms with Crippen LogP contribution in [0.25, 0.3) is 10.2 Å². The summed E-state index contributed by atoms with van der Waals surface area (Å²) < 4.78 is 6.46. The van der Waals surface area contributed by atoms with Crippen LogP contribution < -0.4 is 20.3 Å². The first-order valence-corrected chi connectivity index (χ1v) is 10.3. The smallest absolute Gasteiger partial charge is 0.321 e. The molecule has 1 aromatic heterocycles. The summed E-state index contributed by atoms with van der Waals surface area (Å²) in [5.74, 6) is 0.748. The van der Waals surface area contributed by atoms with E-state index in [1.54, 1.807) is 4.90 Å². The van der Waals surface area contributed by atoms with E-state index in [4.69, 9.17) is 4.74 Å². The molecule has 1 fully saturated rings. The summed E-state index contributed by atoms with van der Waals surface area (Å²) in [6.45, 7) is 4.94. The number of carbonyl (C=O) groups is 2. The second-order valence-corrected chi connectivity index (χ2v) is 7.90. The van der Waals surface area contributed by atoms with E-state index >= 15 is 0 Å². The molecule has 0 radical (unpaired) electrons. The highest BCUT2D eigenvalue weighted by atomic mass is 32.1. The highest BCUT2D eigenvalue weighted by molar-refractivity contribution is 7.22. The molecule has 150 valence electrons. The minimum absolute atomic E-state index is 0.0185. The molecule has 0 unspecified atom stereocenters. The Morgan fingerprint density at radius 1 is 1.28 bits per heavy atom. The average Bonchev–Trinajstić information content (AvgIpc) is 3.26. The Morgan fingerprint density at radius 2 is 2.07 bits per heavy atom. The third-order valence-corrected chi connectivity index (χ3v) is 5.70. The van der Waals surface area contributed by atoms with Crippen molar-refractivity contribution in [3.63, 3.8) is 0 Å². The van der Waals surface area contributed by atoms with Gasteiger partial charge in [0.25, 0.3) is 0 Å². The summed E-state index contributed by atoms with van der Waals surface area (Å²) in [5, 5.41) is 6.21. The maximum atomic E-state index is 12.4. The minimum Gasteiger partial charge on any atom is -0.494 e. The fourth-order valence-corrected chi connectivity index (χ4v) is 4.34. The fourth-order valence-electron chi connectivity index (χ4n) is 3.40. The number of anilines is 2. The molecule has 8 heteroatoms. The van der Waals surface area contributed by atoms with Crippen molar-refractivity contribution in [1.82, 2.24) is 10.3 Å². The zero-order chi connectivity index (χ0) is 20.4. The van der Waals surface area contributed by atoms with Crippen molar-refractivity contribution in [2.45, 2.75) is 26.3 Å². The Labute approximate surface area is 172 Å². The maximum absolute atomic E-state index is 12.4. The van der Waals surface area contributed by atoms with Crippen LogP contribution in [0.2, 0.25) is 0 Å².